The fourth-order valence-corrected chi connectivity index (χ4v) is 5.80. The molecule has 0 spiro atoms. The van der Waals surface area contributed by atoms with E-state index in [1.165, 1.54) is 5.56 Å². The second kappa shape index (κ2) is 13.8. The highest BCUT2D eigenvalue weighted by Crippen LogP contribution is 2.32. The van der Waals surface area contributed by atoms with Gasteiger partial charge in [0.2, 0.25) is 0 Å². The molecule has 0 saturated carbocycles. The van der Waals surface area contributed by atoms with Gasteiger partial charge < -0.3 is 20.3 Å². The molecule has 5 heterocycles. The predicted molar refractivity (Wildman–Crippen MR) is 176 cm³/mol. The minimum absolute atomic E-state index is 0.444. The van der Waals surface area contributed by atoms with Crippen molar-refractivity contribution in [3.8, 4) is 17.1 Å². The van der Waals surface area contributed by atoms with Crippen LogP contribution in [0, 0.1) is 0 Å². The first kappa shape index (κ1) is 30.3. The summed E-state index contributed by atoms with van der Waals surface area (Å²) >= 11 is 0. The maximum atomic E-state index is 6.32. The van der Waals surface area contributed by atoms with Gasteiger partial charge in [-0.1, -0.05) is 39.1 Å². The smallest absolute Gasteiger partial charge is 0.167 e. The lowest BCUT2D eigenvalue weighted by atomic mass is 10.0. The molecule has 1 aromatic carbocycles. The number of pyridine rings is 2. The number of fused-ring (bicyclic) bond motifs is 1. The van der Waals surface area contributed by atoms with Gasteiger partial charge in [0.05, 0.1) is 18.8 Å². The van der Waals surface area contributed by atoms with E-state index in [-0.39, 0.29) is 0 Å². The van der Waals surface area contributed by atoms with Crippen LogP contribution < -0.4 is 10.6 Å². The summed E-state index contributed by atoms with van der Waals surface area (Å²) in [4.78, 5) is 21.4. The number of aromatic nitrogens is 4. The van der Waals surface area contributed by atoms with E-state index < -0.39 is 0 Å². The van der Waals surface area contributed by atoms with Gasteiger partial charge in [-0.2, -0.15) is 0 Å². The van der Waals surface area contributed by atoms with Crippen LogP contribution in [-0.2, 0) is 11.3 Å². The first-order valence-corrected chi connectivity index (χ1v) is 15.3. The summed E-state index contributed by atoms with van der Waals surface area (Å²) in [5, 5.41) is 0. The molecule has 0 aliphatic carbocycles. The number of hydrogen-bond donors (Lipinski definition) is 1. The Labute approximate surface area is 255 Å². The Morgan fingerprint density at radius 2 is 1.74 bits per heavy atom. The van der Waals surface area contributed by atoms with Crippen molar-refractivity contribution in [3.63, 3.8) is 0 Å². The number of likely N-dealkylation sites (tertiary alicyclic amines) is 1. The molecule has 0 amide bonds. The van der Waals surface area contributed by atoms with Crippen LogP contribution in [0.25, 0.3) is 28.2 Å². The molecule has 0 atom stereocenters. The number of likely N-dealkylation sites (N-methyl/N-ethyl adjacent to an activating group) is 1. The number of piperidine rings is 1. The molecule has 2 N–H and O–H groups in total. The number of nitrogens with zero attached hydrogens (tertiary/aromatic N) is 7. The van der Waals surface area contributed by atoms with E-state index in [1.54, 1.807) is 6.20 Å². The molecule has 43 heavy (non-hydrogen) atoms. The van der Waals surface area contributed by atoms with Gasteiger partial charge in [-0.15, -0.1) is 0 Å². The topological polar surface area (TPSA) is 88.6 Å². The van der Waals surface area contributed by atoms with E-state index in [9.17, 15) is 0 Å². The lowest BCUT2D eigenvalue weighted by Gasteiger charge is -2.38. The molecule has 0 radical (unpaired) electrons. The molecule has 0 bridgehead atoms. The Hall–Kier alpha value is -4.21. The lowest BCUT2D eigenvalue weighted by Crippen LogP contribution is -2.42. The number of nitrogen functional groups attached to an aromatic ring is 1. The molecule has 4 aromatic rings. The number of benzene rings is 1. The predicted octanol–water partition coefficient (Wildman–Crippen LogP) is 5.52. The molecule has 2 aliphatic rings. The van der Waals surface area contributed by atoms with Crippen molar-refractivity contribution >= 4 is 22.8 Å². The zero-order valence-corrected chi connectivity index (χ0v) is 25.7. The summed E-state index contributed by atoms with van der Waals surface area (Å²) in [5.74, 6) is 2.10. The number of morpholine rings is 1. The van der Waals surface area contributed by atoms with Gasteiger partial charge in [-0.25, -0.2) is 15.0 Å². The first-order valence-electron chi connectivity index (χ1n) is 15.3. The summed E-state index contributed by atoms with van der Waals surface area (Å²) in [6.45, 7) is 18.1. The molecule has 2 fully saturated rings. The van der Waals surface area contributed by atoms with Gasteiger partial charge in [0.25, 0.3) is 0 Å². The van der Waals surface area contributed by atoms with Gasteiger partial charge in [-0.3, -0.25) is 9.47 Å². The maximum absolute atomic E-state index is 6.32. The van der Waals surface area contributed by atoms with E-state index in [0.29, 0.717) is 25.1 Å². The van der Waals surface area contributed by atoms with Crippen molar-refractivity contribution in [2.24, 2.45) is 0 Å². The molecule has 2 saturated heterocycles. The van der Waals surface area contributed by atoms with Gasteiger partial charge in [0, 0.05) is 63.4 Å². The van der Waals surface area contributed by atoms with Gasteiger partial charge in [0.1, 0.15) is 17.2 Å². The number of ether oxygens (including phenoxy) is 1. The van der Waals surface area contributed by atoms with Gasteiger partial charge in [0.15, 0.2) is 11.5 Å². The largest absolute Gasteiger partial charge is 0.383 e. The quantitative estimate of drug-likeness (QED) is 0.273. The van der Waals surface area contributed by atoms with E-state index in [1.807, 2.05) is 44.2 Å². The molecule has 9 heteroatoms. The highest BCUT2D eigenvalue weighted by molar-refractivity contribution is 5.83. The van der Waals surface area contributed by atoms with E-state index in [2.05, 4.69) is 68.7 Å². The van der Waals surface area contributed by atoms with Crippen molar-refractivity contribution in [2.75, 3.05) is 57.1 Å². The van der Waals surface area contributed by atoms with Crippen molar-refractivity contribution in [1.29, 1.82) is 0 Å². The normalized spacial score (nSPS) is 16.0. The molecule has 3 aromatic heterocycles. The number of hydrogen-bond acceptors (Lipinski definition) is 8. The van der Waals surface area contributed by atoms with Crippen LogP contribution in [0.4, 0.5) is 11.6 Å². The number of imidazole rings is 1. The fraction of sp³-hybridized carbons (Fsp3) is 0.382. The summed E-state index contributed by atoms with van der Waals surface area (Å²) in [5.41, 5.74) is 12.0. The fourth-order valence-electron chi connectivity index (χ4n) is 5.80. The van der Waals surface area contributed by atoms with Crippen molar-refractivity contribution in [3.05, 3.63) is 85.2 Å². The standard InChI is InChI=1S/C32H38N8O.C2H6/c1-4-23(2)37(3)25-13-16-38(17-14-25)22-24-7-9-26(10-8-24)40-31(27-6-5-15-34-30(27)33)35-28-11-12-29(36-32(28)40)39-18-20-41-21-19-39;1-2/h4-12,15,25H,1-2,13-14,16-22H2,3H3,(H2,33,34);1-2H3. The van der Waals surface area contributed by atoms with Crippen LogP contribution in [0.1, 0.15) is 32.3 Å². The number of rotatable bonds is 8. The Kier molecular flexibility index (Phi) is 9.74. The molecule has 6 rings (SSSR count). The summed E-state index contributed by atoms with van der Waals surface area (Å²) in [7, 11) is 2.12. The highest BCUT2D eigenvalue weighted by atomic mass is 16.5. The number of allylic oxidation sites excluding steroid dienone is 1. The summed E-state index contributed by atoms with van der Waals surface area (Å²) in [6.07, 6.45) is 5.78. The Bertz CT molecular complexity index is 1530. The van der Waals surface area contributed by atoms with Crippen molar-refractivity contribution in [1.82, 2.24) is 29.3 Å². The summed E-state index contributed by atoms with van der Waals surface area (Å²) in [6, 6.07) is 17.2. The third-order valence-electron chi connectivity index (χ3n) is 8.30. The van der Waals surface area contributed by atoms with Crippen LogP contribution in [0.3, 0.4) is 0 Å². The second-order valence-corrected chi connectivity index (χ2v) is 10.8. The van der Waals surface area contributed by atoms with E-state index in [0.717, 1.165) is 85.3 Å². The van der Waals surface area contributed by atoms with Crippen LogP contribution in [-0.4, -0.2) is 81.8 Å². The maximum Gasteiger partial charge on any atom is 0.167 e. The minimum atomic E-state index is 0.444. The first-order chi connectivity index (χ1) is 21.0. The third-order valence-corrected chi connectivity index (χ3v) is 8.30. The number of anilines is 2. The van der Waals surface area contributed by atoms with Crippen LogP contribution in [0.15, 0.2) is 79.7 Å². The van der Waals surface area contributed by atoms with E-state index >= 15 is 0 Å². The Morgan fingerprint density at radius 3 is 2.42 bits per heavy atom. The Morgan fingerprint density at radius 1 is 1.02 bits per heavy atom. The van der Waals surface area contributed by atoms with Crippen molar-refractivity contribution < 1.29 is 4.74 Å². The van der Waals surface area contributed by atoms with E-state index in [4.69, 9.17) is 20.4 Å². The minimum Gasteiger partial charge on any atom is -0.383 e. The summed E-state index contributed by atoms with van der Waals surface area (Å²) < 4.78 is 7.65. The average Bonchev–Trinajstić information content (AvgIpc) is 3.45. The molecular formula is C34H44N8O. The zero-order valence-electron chi connectivity index (χ0n) is 25.7. The Balaban J connectivity index is 0.00000180. The molecule has 9 nitrogen and oxygen atoms in total. The van der Waals surface area contributed by atoms with Gasteiger partial charge >= 0.3 is 0 Å². The van der Waals surface area contributed by atoms with Crippen molar-refractivity contribution in [2.45, 2.75) is 39.3 Å². The second-order valence-electron chi connectivity index (χ2n) is 10.8. The lowest BCUT2D eigenvalue weighted by molar-refractivity contribution is 0.122. The van der Waals surface area contributed by atoms with Gasteiger partial charge in [-0.05, 0) is 60.9 Å². The SMILES string of the molecule is C=CC(=C)N(C)C1CCN(Cc2ccc(-n3c(-c4cccnc4N)nc4ccc(N5CCOCC5)nc43)cc2)CC1.CC. The highest BCUT2D eigenvalue weighted by Gasteiger charge is 2.23. The van der Waals surface area contributed by atoms with Crippen LogP contribution in [0.5, 0.6) is 0 Å². The monoisotopic (exact) mass is 580 g/mol. The molecule has 0 unspecified atom stereocenters. The van der Waals surface area contributed by atoms with Crippen LogP contribution >= 0.6 is 0 Å². The van der Waals surface area contributed by atoms with Crippen LogP contribution in [0.2, 0.25) is 0 Å². The molecular weight excluding hydrogens is 536 g/mol. The average molecular weight is 581 g/mol. The molecule has 226 valence electrons. The number of nitrogens with two attached hydrogens (primary N) is 1. The third kappa shape index (κ3) is 6.58. The zero-order chi connectivity index (χ0) is 30.3. The molecule has 2 aliphatic heterocycles.